The zero-order valence-electron chi connectivity index (χ0n) is 12.8. The SMILES string of the molecule is Cc1cc(C#N)cc(Oc2c(C)nn(CCO)c2C2CC2)c1. The molecule has 1 aromatic heterocycles. The lowest BCUT2D eigenvalue weighted by atomic mass is 10.1. The summed E-state index contributed by atoms with van der Waals surface area (Å²) < 4.78 is 7.93. The van der Waals surface area contributed by atoms with Crippen molar-refractivity contribution in [1.82, 2.24) is 9.78 Å². The quantitative estimate of drug-likeness (QED) is 0.920. The molecule has 5 heteroatoms. The van der Waals surface area contributed by atoms with Gasteiger partial charge in [0.25, 0.3) is 0 Å². The Morgan fingerprint density at radius 1 is 1.36 bits per heavy atom. The van der Waals surface area contributed by atoms with Gasteiger partial charge < -0.3 is 9.84 Å². The molecule has 1 aliphatic rings. The van der Waals surface area contributed by atoms with E-state index in [0.29, 0.717) is 23.8 Å². The van der Waals surface area contributed by atoms with Crippen molar-refractivity contribution in [2.24, 2.45) is 0 Å². The van der Waals surface area contributed by atoms with Crippen LogP contribution in [0.1, 0.15) is 41.3 Å². The molecule has 0 atom stereocenters. The zero-order chi connectivity index (χ0) is 15.7. The molecule has 1 N–H and O–H groups in total. The molecule has 22 heavy (non-hydrogen) atoms. The second-order valence-corrected chi connectivity index (χ2v) is 5.77. The van der Waals surface area contributed by atoms with Crippen LogP contribution in [-0.4, -0.2) is 21.5 Å². The predicted octanol–water partition coefficient (Wildman–Crippen LogP) is 3.03. The number of aromatic nitrogens is 2. The highest BCUT2D eigenvalue weighted by Gasteiger charge is 2.32. The van der Waals surface area contributed by atoms with Gasteiger partial charge in [0.05, 0.1) is 30.5 Å². The molecule has 0 amide bonds. The van der Waals surface area contributed by atoms with Crippen molar-refractivity contribution < 1.29 is 9.84 Å². The van der Waals surface area contributed by atoms with Crippen molar-refractivity contribution in [3.05, 3.63) is 40.7 Å². The molecule has 1 aromatic carbocycles. The molecule has 0 saturated heterocycles. The summed E-state index contributed by atoms with van der Waals surface area (Å²) in [6.45, 7) is 4.39. The maximum absolute atomic E-state index is 9.20. The first kappa shape index (κ1) is 14.6. The molecule has 3 rings (SSSR count). The van der Waals surface area contributed by atoms with Crippen LogP contribution < -0.4 is 4.74 Å². The van der Waals surface area contributed by atoms with E-state index >= 15 is 0 Å². The van der Waals surface area contributed by atoms with Crippen LogP contribution in [0.3, 0.4) is 0 Å². The third-order valence-corrected chi connectivity index (χ3v) is 3.79. The summed E-state index contributed by atoms with van der Waals surface area (Å²) in [5.74, 6) is 1.89. The fourth-order valence-electron chi connectivity index (χ4n) is 2.72. The van der Waals surface area contributed by atoms with E-state index in [-0.39, 0.29) is 6.61 Å². The highest BCUT2D eigenvalue weighted by Crippen LogP contribution is 2.46. The standard InChI is InChI=1S/C17H19N3O2/c1-11-7-13(10-18)9-15(8-11)22-17-12(2)19-20(5-6-21)16(17)14-3-4-14/h7-9,14,21H,3-6H2,1-2H3. The van der Waals surface area contributed by atoms with Gasteiger partial charge in [0, 0.05) is 5.92 Å². The van der Waals surface area contributed by atoms with Crippen molar-refractivity contribution in [3.8, 4) is 17.6 Å². The predicted molar refractivity (Wildman–Crippen MR) is 82.0 cm³/mol. The minimum atomic E-state index is 0.0588. The van der Waals surface area contributed by atoms with Crippen molar-refractivity contribution in [3.63, 3.8) is 0 Å². The van der Waals surface area contributed by atoms with E-state index in [1.165, 1.54) is 0 Å². The third-order valence-electron chi connectivity index (χ3n) is 3.79. The number of aryl methyl sites for hydroxylation is 2. The average molecular weight is 297 g/mol. The van der Waals surface area contributed by atoms with Crippen LogP contribution in [0.4, 0.5) is 0 Å². The number of benzene rings is 1. The number of nitriles is 1. The molecule has 0 radical (unpaired) electrons. The Labute approximate surface area is 129 Å². The van der Waals surface area contributed by atoms with Crippen LogP contribution in [0.5, 0.6) is 11.5 Å². The van der Waals surface area contributed by atoms with Gasteiger partial charge in [0.1, 0.15) is 11.4 Å². The highest BCUT2D eigenvalue weighted by molar-refractivity contribution is 5.45. The van der Waals surface area contributed by atoms with Crippen molar-refractivity contribution in [1.29, 1.82) is 5.26 Å². The molecule has 0 bridgehead atoms. The maximum Gasteiger partial charge on any atom is 0.171 e. The van der Waals surface area contributed by atoms with E-state index in [1.54, 1.807) is 6.07 Å². The van der Waals surface area contributed by atoms with Gasteiger partial charge in [-0.15, -0.1) is 0 Å². The van der Waals surface area contributed by atoms with E-state index < -0.39 is 0 Å². The van der Waals surface area contributed by atoms with Gasteiger partial charge in [-0.05, 0) is 50.5 Å². The van der Waals surface area contributed by atoms with Gasteiger partial charge in [-0.2, -0.15) is 10.4 Å². The van der Waals surface area contributed by atoms with Crippen molar-refractivity contribution in [2.45, 2.75) is 39.2 Å². The number of aliphatic hydroxyl groups excluding tert-OH is 1. The highest BCUT2D eigenvalue weighted by atomic mass is 16.5. The Kier molecular flexibility index (Phi) is 3.86. The fraction of sp³-hybridized carbons (Fsp3) is 0.412. The molecule has 5 nitrogen and oxygen atoms in total. The molecule has 0 unspecified atom stereocenters. The van der Waals surface area contributed by atoms with Gasteiger partial charge in [-0.25, -0.2) is 0 Å². The maximum atomic E-state index is 9.20. The Morgan fingerprint density at radius 3 is 2.77 bits per heavy atom. The number of aliphatic hydroxyl groups is 1. The Morgan fingerprint density at radius 2 is 2.14 bits per heavy atom. The lowest BCUT2D eigenvalue weighted by Gasteiger charge is -2.10. The number of rotatable bonds is 5. The van der Waals surface area contributed by atoms with Gasteiger partial charge in [0.15, 0.2) is 5.75 Å². The smallest absolute Gasteiger partial charge is 0.171 e. The van der Waals surface area contributed by atoms with Crippen LogP contribution in [-0.2, 0) is 6.54 Å². The molecular formula is C17H19N3O2. The summed E-state index contributed by atoms with van der Waals surface area (Å²) in [5.41, 5.74) is 3.45. The summed E-state index contributed by atoms with van der Waals surface area (Å²) in [7, 11) is 0. The van der Waals surface area contributed by atoms with Gasteiger partial charge in [-0.1, -0.05) is 0 Å². The van der Waals surface area contributed by atoms with Crippen molar-refractivity contribution >= 4 is 0 Å². The van der Waals surface area contributed by atoms with E-state index in [1.807, 2.05) is 30.7 Å². The van der Waals surface area contributed by atoms with Gasteiger partial charge >= 0.3 is 0 Å². The lowest BCUT2D eigenvalue weighted by Crippen LogP contribution is -2.07. The topological polar surface area (TPSA) is 71.1 Å². The number of hydrogen-bond acceptors (Lipinski definition) is 4. The van der Waals surface area contributed by atoms with Crippen LogP contribution >= 0.6 is 0 Å². The van der Waals surface area contributed by atoms with E-state index in [0.717, 1.165) is 35.5 Å². The minimum absolute atomic E-state index is 0.0588. The normalized spacial score (nSPS) is 13.9. The number of nitrogens with zero attached hydrogens (tertiary/aromatic N) is 3. The van der Waals surface area contributed by atoms with Crippen LogP contribution in [0.25, 0.3) is 0 Å². The van der Waals surface area contributed by atoms with Crippen LogP contribution in [0.15, 0.2) is 18.2 Å². The second-order valence-electron chi connectivity index (χ2n) is 5.77. The first-order chi connectivity index (χ1) is 10.6. The summed E-state index contributed by atoms with van der Waals surface area (Å²) in [6, 6.07) is 7.64. The van der Waals surface area contributed by atoms with E-state index in [2.05, 4.69) is 11.2 Å². The molecule has 1 heterocycles. The Balaban J connectivity index is 1.98. The monoisotopic (exact) mass is 297 g/mol. The minimum Gasteiger partial charge on any atom is -0.453 e. The molecule has 1 aliphatic carbocycles. The van der Waals surface area contributed by atoms with E-state index in [4.69, 9.17) is 10.00 Å². The molecule has 1 saturated carbocycles. The first-order valence-electron chi connectivity index (χ1n) is 7.50. The molecule has 0 spiro atoms. The second kappa shape index (κ2) is 5.82. The third kappa shape index (κ3) is 2.83. The van der Waals surface area contributed by atoms with Crippen LogP contribution in [0, 0.1) is 25.2 Å². The molecule has 2 aromatic rings. The lowest BCUT2D eigenvalue weighted by molar-refractivity contribution is 0.267. The summed E-state index contributed by atoms with van der Waals surface area (Å²) in [4.78, 5) is 0. The molecule has 1 fully saturated rings. The fourth-order valence-corrected chi connectivity index (χ4v) is 2.72. The summed E-state index contributed by atoms with van der Waals surface area (Å²) in [5, 5.41) is 22.8. The Hall–Kier alpha value is -2.32. The average Bonchev–Trinajstić information content (AvgIpc) is 3.26. The summed E-state index contributed by atoms with van der Waals surface area (Å²) in [6.07, 6.45) is 2.26. The zero-order valence-corrected chi connectivity index (χ0v) is 12.8. The largest absolute Gasteiger partial charge is 0.453 e. The Bertz CT molecular complexity index is 739. The number of hydrogen-bond donors (Lipinski definition) is 1. The van der Waals surface area contributed by atoms with Gasteiger partial charge in [-0.3, -0.25) is 4.68 Å². The number of ether oxygens (including phenoxy) is 1. The van der Waals surface area contributed by atoms with Crippen molar-refractivity contribution in [2.75, 3.05) is 6.61 Å². The first-order valence-corrected chi connectivity index (χ1v) is 7.50. The van der Waals surface area contributed by atoms with Crippen LogP contribution in [0.2, 0.25) is 0 Å². The van der Waals surface area contributed by atoms with E-state index in [9.17, 15) is 5.11 Å². The molecular weight excluding hydrogens is 278 g/mol. The molecule has 0 aliphatic heterocycles. The molecule has 114 valence electrons. The summed E-state index contributed by atoms with van der Waals surface area (Å²) >= 11 is 0. The van der Waals surface area contributed by atoms with Gasteiger partial charge in [0.2, 0.25) is 0 Å².